The Balaban J connectivity index is 2.41. The number of nitrogens with one attached hydrogen (secondary N) is 1. The van der Waals surface area contributed by atoms with Gasteiger partial charge < -0.3 is 10.1 Å². The van der Waals surface area contributed by atoms with Crippen LogP contribution in [0, 0.1) is 6.92 Å². The Morgan fingerprint density at radius 1 is 1.33 bits per heavy atom. The molecule has 4 heteroatoms. The van der Waals surface area contributed by atoms with E-state index in [4.69, 9.17) is 9.72 Å². The van der Waals surface area contributed by atoms with E-state index in [1.807, 2.05) is 12.1 Å². The second kappa shape index (κ2) is 7.05. The largest absolute Gasteiger partial charge is 0.497 e. The average Bonchev–Trinajstić information content (AvgIpc) is 2.85. The molecule has 1 N–H and O–H groups in total. The molecule has 21 heavy (non-hydrogen) atoms. The molecule has 114 valence electrons. The van der Waals surface area contributed by atoms with Crippen LogP contribution in [0.1, 0.15) is 48.0 Å². The molecule has 1 atom stereocenters. The predicted molar refractivity (Wildman–Crippen MR) is 89.3 cm³/mol. The highest BCUT2D eigenvalue weighted by Gasteiger charge is 2.20. The first-order chi connectivity index (χ1) is 10.0. The average molecular weight is 304 g/mol. The number of ether oxygens (including phenoxy) is 1. The first kappa shape index (κ1) is 16.0. The second-order valence-corrected chi connectivity index (χ2v) is 6.67. The number of hydrogen-bond donors (Lipinski definition) is 1. The minimum Gasteiger partial charge on any atom is -0.497 e. The Kier molecular flexibility index (Phi) is 5.37. The van der Waals surface area contributed by atoms with Crippen molar-refractivity contribution in [3.05, 3.63) is 45.4 Å². The molecule has 0 amide bonds. The van der Waals surface area contributed by atoms with E-state index in [1.165, 1.54) is 16.1 Å². The Bertz CT molecular complexity index is 592. The van der Waals surface area contributed by atoms with E-state index in [0.29, 0.717) is 6.04 Å². The lowest BCUT2D eigenvalue weighted by atomic mass is 10.1. The lowest BCUT2D eigenvalue weighted by Crippen LogP contribution is -2.29. The third-order valence-electron chi connectivity index (χ3n) is 3.42. The maximum absolute atomic E-state index is 5.35. The number of benzene rings is 1. The van der Waals surface area contributed by atoms with E-state index in [2.05, 4.69) is 45.1 Å². The summed E-state index contributed by atoms with van der Waals surface area (Å²) in [4.78, 5) is 6.14. The number of aromatic nitrogens is 1. The fraction of sp³-hybridized carbons (Fsp3) is 0.471. The molecule has 0 aliphatic rings. The SMILES string of the molecule is CCc1nc(C(NC(C)C)c2cccc(OC)c2)sc1C. The molecule has 1 aromatic carbocycles. The molecule has 1 unspecified atom stereocenters. The van der Waals surface area contributed by atoms with Crippen LogP contribution in [-0.2, 0) is 6.42 Å². The van der Waals surface area contributed by atoms with Gasteiger partial charge in [-0.2, -0.15) is 0 Å². The van der Waals surface area contributed by atoms with Crippen LogP contribution < -0.4 is 10.1 Å². The summed E-state index contributed by atoms with van der Waals surface area (Å²) in [6.07, 6.45) is 0.981. The molecule has 1 aromatic heterocycles. The van der Waals surface area contributed by atoms with E-state index in [1.54, 1.807) is 18.4 Å². The van der Waals surface area contributed by atoms with Crippen LogP contribution in [0.5, 0.6) is 5.75 Å². The molecule has 0 aliphatic carbocycles. The van der Waals surface area contributed by atoms with E-state index in [9.17, 15) is 0 Å². The molecule has 2 aromatic rings. The molecule has 0 radical (unpaired) electrons. The van der Waals surface area contributed by atoms with Crippen molar-refractivity contribution >= 4 is 11.3 Å². The van der Waals surface area contributed by atoms with Crippen LogP contribution in [0.2, 0.25) is 0 Å². The van der Waals surface area contributed by atoms with Gasteiger partial charge in [-0.05, 0) is 44.9 Å². The summed E-state index contributed by atoms with van der Waals surface area (Å²) in [5.74, 6) is 0.882. The fourth-order valence-electron chi connectivity index (χ4n) is 2.37. The van der Waals surface area contributed by atoms with Crippen LogP contribution >= 0.6 is 11.3 Å². The van der Waals surface area contributed by atoms with Crippen LogP contribution in [-0.4, -0.2) is 18.1 Å². The van der Waals surface area contributed by atoms with Gasteiger partial charge in [0.1, 0.15) is 10.8 Å². The number of nitrogens with zero attached hydrogens (tertiary/aromatic N) is 1. The number of methoxy groups -OCH3 is 1. The lowest BCUT2D eigenvalue weighted by Gasteiger charge is -2.20. The Morgan fingerprint density at radius 2 is 2.10 bits per heavy atom. The van der Waals surface area contributed by atoms with Gasteiger partial charge >= 0.3 is 0 Å². The highest BCUT2D eigenvalue weighted by atomic mass is 32.1. The standard InChI is InChI=1S/C17H24N2OS/c1-6-15-12(4)21-17(19-15)16(18-11(2)3)13-8-7-9-14(10-13)20-5/h7-11,16,18H,6H2,1-5H3. The van der Waals surface area contributed by atoms with Crippen molar-refractivity contribution in [1.29, 1.82) is 0 Å². The van der Waals surface area contributed by atoms with Gasteiger partial charge in [0.05, 0.1) is 18.8 Å². The van der Waals surface area contributed by atoms with Crippen molar-refractivity contribution in [3.63, 3.8) is 0 Å². The molecule has 2 rings (SSSR count). The fourth-order valence-corrected chi connectivity index (χ4v) is 3.47. The van der Waals surface area contributed by atoms with Gasteiger partial charge in [-0.3, -0.25) is 0 Å². The molecule has 0 bridgehead atoms. The zero-order valence-electron chi connectivity index (χ0n) is 13.4. The third-order valence-corrected chi connectivity index (χ3v) is 4.50. The van der Waals surface area contributed by atoms with Gasteiger partial charge in [-0.1, -0.05) is 19.1 Å². The number of hydrogen-bond acceptors (Lipinski definition) is 4. The Hall–Kier alpha value is -1.39. The van der Waals surface area contributed by atoms with Gasteiger partial charge in [-0.25, -0.2) is 4.98 Å². The first-order valence-electron chi connectivity index (χ1n) is 7.41. The van der Waals surface area contributed by atoms with Crippen molar-refractivity contribution in [2.24, 2.45) is 0 Å². The summed E-state index contributed by atoms with van der Waals surface area (Å²) in [5, 5.41) is 4.75. The molecule has 0 aliphatic heterocycles. The van der Waals surface area contributed by atoms with Crippen LogP contribution in [0.4, 0.5) is 0 Å². The van der Waals surface area contributed by atoms with E-state index >= 15 is 0 Å². The van der Waals surface area contributed by atoms with Crippen molar-refractivity contribution in [2.75, 3.05) is 7.11 Å². The molecule has 0 fully saturated rings. The number of rotatable bonds is 6. The van der Waals surface area contributed by atoms with Crippen molar-refractivity contribution in [3.8, 4) is 5.75 Å². The minimum absolute atomic E-state index is 0.115. The number of thiazole rings is 1. The zero-order valence-corrected chi connectivity index (χ0v) is 14.3. The van der Waals surface area contributed by atoms with Gasteiger partial charge in [0.25, 0.3) is 0 Å². The molecular formula is C17H24N2OS. The summed E-state index contributed by atoms with van der Waals surface area (Å²) in [5.41, 5.74) is 2.40. The Morgan fingerprint density at radius 3 is 2.67 bits per heavy atom. The third kappa shape index (κ3) is 3.83. The zero-order chi connectivity index (χ0) is 15.4. The highest BCUT2D eigenvalue weighted by molar-refractivity contribution is 7.11. The Labute approximate surface area is 131 Å². The number of aryl methyl sites for hydroxylation is 2. The van der Waals surface area contributed by atoms with Gasteiger partial charge in [-0.15, -0.1) is 11.3 Å². The van der Waals surface area contributed by atoms with Gasteiger partial charge in [0.2, 0.25) is 0 Å². The van der Waals surface area contributed by atoms with Crippen molar-refractivity contribution in [2.45, 2.75) is 46.2 Å². The molecule has 0 saturated heterocycles. The maximum Gasteiger partial charge on any atom is 0.119 e. The highest BCUT2D eigenvalue weighted by Crippen LogP contribution is 2.30. The maximum atomic E-state index is 5.35. The van der Waals surface area contributed by atoms with Crippen LogP contribution in [0.3, 0.4) is 0 Å². The quantitative estimate of drug-likeness (QED) is 0.872. The van der Waals surface area contributed by atoms with Gasteiger partial charge in [0, 0.05) is 10.9 Å². The monoisotopic (exact) mass is 304 g/mol. The van der Waals surface area contributed by atoms with Crippen LogP contribution in [0.25, 0.3) is 0 Å². The molecule has 0 saturated carbocycles. The van der Waals surface area contributed by atoms with E-state index in [0.717, 1.165) is 17.2 Å². The summed E-state index contributed by atoms with van der Waals surface area (Å²) in [6, 6.07) is 8.72. The molecule has 0 spiro atoms. The molecular weight excluding hydrogens is 280 g/mol. The van der Waals surface area contributed by atoms with E-state index in [-0.39, 0.29) is 6.04 Å². The van der Waals surface area contributed by atoms with Gasteiger partial charge in [0.15, 0.2) is 0 Å². The summed E-state index contributed by atoms with van der Waals surface area (Å²) >= 11 is 1.78. The van der Waals surface area contributed by atoms with E-state index < -0.39 is 0 Å². The lowest BCUT2D eigenvalue weighted by molar-refractivity contribution is 0.413. The smallest absolute Gasteiger partial charge is 0.119 e. The van der Waals surface area contributed by atoms with Crippen LogP contribution in [0.15, 0.2) is 24.3 Å². The first-order valence-corrected chi connectivity index (χ1v) is 8.23. The summed E-state index contributed by atoms with van der Waals surface area (Å²) < 4.78 is 5.35. The predicted octanol–water partition coefficient (Wildman–Crippen LogP) is 4.11. The summed E-state index contributed by atoms with van der Waals surface area (Å²) in [7, 11) is 1.70. The molecule has 1 heterocycles. The van der Waals surface area contributed by atoms with Crippen molar-refractivity contribution < 1.29 is 4.74 Å². The topological polar surface area (TPSA) is 34.2 Å². The second-order valence-electron chi connectivity index (χ2n) is 5.44. The summed E-state index contributed by atoms with van der Waals surface area (Å²) in [6.45, 7) is 8.63. The molecule has 3 nitrogen and oxygen atoms in total. The normalized spacial score (nSPS) is 12.7. The minimum atomic E-state index is 0.115. The van der Waals surface area contributed by atoms with Crippen molar-refractivity contribution in [1.82, 2.24) is 10.3 Å².